The molecule has 434 valence electrons. The summed E-state index contributed by atoms with van der Waals surface area (Å²) in [7, 11) is 2.89. The van der Waals surface area contributed by atoms with Crippen molar-refractivity contribution in [3.63, 3.8) is 0 Å². The molecular weight excluding hydrogens is 1010 g/mol. The molecule has 77 heavy (non-hydrogen) atoms. The van der Waals surface area contributed by atoms with E-state index < -0.39 is 151 Å². The summed E-state index contributed by atoms with van der Waals surface area (Å²) >= 11 is 0. The summed E-state index contributed by atoms with van der Waals surface area (Å²) in [6.07, 6.45) is -8.61. The Balaban J connectivity index is 1.83. The maximum Gasteiger partial charge on any atom is 0.303 e. The second kappa shape index (κ2) is 32.2. The number of esters is 3. The zero-order chi connectivity index (χ0) is 57.7. The fourth-order valence-electron chi connectivity index (χ4n) is 8.60. The van der Waals surface area contributed by atoms with Crippen molar-refractivity contribution in [2.75, 3.05) is 20.8 Å². The summed E-state index contributed by atoms with van der Waals surface area (Å²) in [6.45, 7) is 15.6. The van der Waals surface area contributed by atoms with Crippen LogP contribution >= 0.6 is 0 Å². The summed E-state index contributed by atoms with van der Waals surface area (Å²) in [5.74, 6) is -6.70. The standard InChI is InChI=1S/C52H82N6O19/c1-14-15-17-22-40(63)56-37(23-36-20-18-16-19-21-36)48(66)57-41(29(5)59)49(67)54-28(4)47(65)58-42(31(7)73-51-39(76-34(10)61)24-38(30(6)72-51)75-33(9)60)50(68)55-27(3)46(64)53-26(2)25-71-52-45(77-35(11)62)44(70-13)43(69-12)32(8)74-52/h16,18-21,26-32,37-39,41-45,51-52,59H,14-15,17,22-25H2,1-13H3,(H,53,64)(H,54,67)(H,55,68)(H,56,63)(H,57,66)(H,58,65). The zero-order valence-corrected chi connectivity index (χ0v) is 46.4. The number of methoxy groups -OCH3 is 2. The summed E-state index contributed by atoms with van der Waals surface area (Å²) < 4.78 is 51.5. The number of amides is 6. The molecule has 0 bridgehead atoms. The number of nitrogens with one attached hydrogen (secondary N) is 6. The van der Waals surface area contributed by atoms with Gasteiger partial charge in [-0.1, -0.05) is 50.1 Å². The van der Waals surface area contributed by atoms with Crippen molar-refractivity contribution < 1.29 is 90.9 Å². The van der Waals surface area contributed by atoms with Crippen LogP contribution in [0.5, 0.6) is 0 Å². The summed E-state index contributed by atoms with van der Waals surface area (Å²) in [6, 6.07) is 0.989. The van der Waals surface area contributed by atoms with Gasteiger partial charge in [-0.2, -0.15) is 0 Å². The molecule has 0 saturated carbocycles. The fourth-order valence-corrected chi connectivity index (χ4v) is 8.60. The van der Waals surface area contributed by atoms with E-state index in [9.17, 15) is 48.3 Å². The number of unbranched alkanes of at least 4 members (excludes halogenated alkanes) is 2. The van der Waals surface area contributed by atoms with E-state index in [1.165, 1.54) is 55.8 Å². The molecule has 0 aromatic heterocycles. The number of benzene rings is 1. The van der Waals surface area contributed by atoms with Gasteiger partial charge in [0.15, 0.2) is 24.8 Å². The lowest BCUT2D eigenvalue weighted by atomic mass is 9.99. The van der Waals surface area contributed by atoms with E-state index in [-0.39, 0.29) is 31.8 Å². The van der Waals surface area contributed by atoms with Gasteiger partial charge in [0.25, 0.3) is 0 Å². The number of hydrogen-bond acceptors (Lipinski definition) is 19. The van der Waals surface area contributed by atoms with Crippen LogP contribution in [-0.2, 0) is 92.2 Å². The molecule has 1 aromatic carbocycles. The van der Waals surface area contributed by atoms with Gasteiger partial charge in [-0.3, -0.25) is 43.2 Å². The van der Waals surface area contributed by atoms with Gasteiger partial charge in [0.2, 0.25) is 35.4 Å². The lowest BCUT2D eigenvalue weighted by Crippen LogP contribution is -2.62. The van der Waals surface area contributed by atoms with Crippen molar-refractivity contribution in [1.29, 1.82) is 0 Å². The van der Waals surface area contributed by atoms with Crippen LogP contribution in [0.25, 0.3) is 0 Å². The Kier molecular flexibility index (Phi) is 27.3. The highest BCUT2D eigenvalue weighted by Crippen LogP contribution is 2.29. The van der Waals surface area contributed by atoms with Crippen LogP contribution in [0.3, 0.4) is 0 Å². The van der Waals surface area contributed by atoms with E-state index >= 15 is 0 Å². The number of hydrogen-bond donors (Lipinski definition) is 7. The third-order valence-electron chi connectivity index (χ3n) is 12.7. The van der Waals surface area contributed by atoms with Crippen molar-refractivity contribution in [1.82, 2.24) is 31.9 Å². The third-order valence-corrected chi connectivity index (χ3v) is 12.7. The van der Waals surface area contributed by atoms with Gasteiger partial charge in [0.1, 0.15) is 48.5 Å². The molecule has 25 nitrogen and oxygen atoms in total. The van der Waals surface area contributed by atoms with Crippen molar-refractivity contribution in [2.45, 2.75) is 218 Å². The number of carbonyl (C=O) groups is 9. The quantitative estimate of drug-likeness (QED) is 0.0322. The van der Waals surface area contributed by atoms with Crippen LogP contribution in [0, 0.1) is 0 Å². The highest BCUT2D eigenvalue weighted by atomic mass is 16.7. The first kappa shape index (κ1) is 65.5. The van der Waals surface area contributed by atoms with Gasteiger partial charge in [-0.05, 0) is 60.5 Å². The Morgan fingerprint density at radius 1 is 0.623 bits per heavy atom. The topological polar surface area (TPSA) is 329 Å². The normalized spacial score (nSPS) is 25.3. The van der Waals surface area contributed by atoms with Crippen LogP contribution in [0.1, 0.15) is 114 Å². The molecule has 2 aliphatic rings. The molecule has 7 N–H and O–H groups in total. The SMILES string of the molecule is CCCCCC(=O)NC(Cc1ccccc1)C(=O)NC(C(=O)NC(C)C(=O)NC(C(=O)NC(C)C(=O)NC(C)COC1OC(C)C(OC)C(OC)C1OC(C)=O)C(C)OC1OC(C)C(OC(C)=O)CC1OC(C)=O)C(C)O. The lowest BCUT2D eigenvalue weighted by molar-refractivity contribution is -0.304. The highest BCUT2D eigenvalue weighted by Gasteiger charge is 2.48. The second-order valence-corrected chi connectivity index (χ2v) is 19.5. The molecule has 2 aliphatic heterocycles. The molecule has 2 fully saturated rings. The monoisotopic (exact) mass is 1090 g/mol. The van der Waals surface area contributed by atoms with E-state index in [0.717, 1.165) is 19.8 Å². The Morgan fingerprint density at radius 2 is 1.17 bits per heavy atom. The van der Waals surface area contributed by atoms with Gasteiger partial charge < -0.3 is 79.6 Å². The number of aliphatic hydroxyl groups excluding tert-OH is 1. The Morgan fingerprint density at radius 3 is 1.73 bits per heavy atom. The molecule has 0 spiro atoms. The first-order valence-electron chi connectivity index (χ1n) is 26.0. The van der Waals surface area contributed by atoms with Crippen LogP contribution in [0.15, 0.2) is 30.3 Å². The maximum atomic E-state index is 14.3. The predicted molar refractivity (Wildman–Crippen MR) is 273 cm³/mol. The molecule has 25 heteroatoms. The van der Waals surface area contributed by atoms with Crippen LogP contribution in [0.4, 0.5) is 0 Å². The van der Waals surface area contributed by atoms with Gasteiger partial charge in [0.05, 0.1) is 31.0 Å². The van der Waals surface area contributed by atoms with Crippen molar-refractivity contribution in [2.24, 2.45) is 0 Å². The van der Waals surface area contributed by atoms with E-state index in [2.05, 4.69) is 31.9 Å². The predicted octanol–water partition coefficient (Wildman–Crippen LogP) is 0.285. The molecule has 6 amide bonds. The molecule has 0 radical (unpaired) electrons. The minimum Gasteiger partial charge on any atom is -0.460 e. The minimum atomic E-state index is -1.67. The van der Waals surface area contributed by atoms with Gasteiger partial charge in [0, 0.05) is 60.3 Å². The van der Waals surface area contributed by atoms with Gasteiger partial charge in [-0.15, -0.1) is 0 Å². The molecule has 2 heterocycles. The van der Waals surface area contributed by atoms with Crippen LogP contribution < -0.4 is 31.9 Å². The maximum absolute atomic E-state index is 14.3. The lowest BCUT2D eigenvalue weighted by Gasteiger charge is -2.43. The number of carbonyl (C=O) groups excluding carboxylic acids is 9. The van der Waals surface area contributed by atoms with E-state index in [1.54, 1.807) is 51.1 Å². The Labute approximate surface area is 450 Å². The largest absolute Gasteiger partial charge is 0.460 e. The van der Waals surface area contributed by atoms with Gasteiger partial charge in [-0.25, -0.2) is 0 Å². The fraction of sp³-hybridized carbons (Fsp3) is 0.712. The molecule has 17 atom stereocenters. The van der Waals surface area contributed by atoms with Crippen molar-refractivity contribution >= 4 is 53.4 Å². The molecule has 1 aromatic rings. The summed E-state index contributed by atoms with van der Waals surface area (Å²) in [5.41, 5.74) is 0.716. The number of rotatable bonds is 29. The molecule has 3 rings (SSSR count). The first-order chi connectivity index (χ1) is 36.3. The summed E-state index contributed by atoms with van der Waals surface area (Å²) in [4.78, 5) is 119. The van der Waals surface area contributed by atoms with Gasteiger partial charge >= 0.3 is 17.9 Å². The number of ether oxygens (including phenoxy) is 9. The summed E-state index contributed by atoms with van der Waals surface area (Å²) in [5, 5.41) is 26.3. The van der Waals surface area contributed by atoms with E-state index in [4.69, 9.17) is 42.6 Å². The highest BCUT2D eigenvalue weighted by molar-refractivity contribution is 5.96. The van der Waals surface area contributed by atoms with Crippen LogP contribution in [0.2, 0.25) is 0 Å². The number of aliphatic hydroxyl groups is 1. The third kappa shape index (κ3) is 21.1. The molecule has 2 saturated heterocycles. The molecule has 17 unspecified atom stereocenters. The van der Waals surface area contributed by atoms with Crippen LogP contribution in [-0.4, -0.2) is 183 Å². The Bertz CT molecular complexity index is 2120. The average molecular weight is 1100 g/mol. The first-order valence-corrected chi connectivity index (χ1v) is 26.0. The van der Waals surface area contributed by atoms with E-state index in [1.807, 2.05) is 6.92 Å². The zero-order valence-electron chi connectivity index (χ0n) is 46.4. The second-order valence-electron chi connectivity index (χ2n) is 19.5. The smallest absolute Gasteiger partial charge is 0.303 e. The molecule has 0 aliphatic carbocycles. The van der Waals surface area contributed by atoms with Crippen molar-refractivity contribution in [3.8, 4) is 0 Å². The van der Waals surface area contributed by atoms with Crippen molar-refractivity contribution in [3.05, 3.63) is 35.9 Å². The Hall–Kier alpha value is -5.83. The molecular formula is C52H82N6O19. The minimum absolute atomic E-state index is 0.0562. The average Bonchev–Trinajstić information content (AvgIpc) is 3.35. The van der Waals surface area contributed by atoms with E-state index in [0.29, 0.717) is 12.0 Å².